The molecule has 0 aliphatic heterocycles. The Morgan fingerprint density at radius 2 is 1.79 bits per heavy atom. The summed E-state index contributed by atoms with van der Waals surface area (Å²) in [5.41, 5.74) is 3.06. The Morgan fingerprint density at radius 3 is 2.45 bits per heavy atom. The van der Waals surface area contributed by atoms with E-state index in [2.05, 4.69) is 10.3 Å². The molecule has 0 aliphatic rings. The molecule has 0 spiro atoms. The van der Waals surface area contributed by atoms with Crippen LogP contribution in [-0.4, -0.2) is 38.8 Å². The smallest absolute Gasteiger partial charge is 0.328 e. The third kappa shape index (κ3) is 7.47. The van der Waals surface area contributed by atoms with E-state index >= 15 is 0 Å². The first-order chi connectivity index (χ1) is 13.8. The summed E-state index contributed by atoms with van der Waals surface area (Å²) in [5, 5.41) is 29.4. The summed E-state index contributed by atoms with van der Waals surface area (Å²) in [5.74, 6) is -2.45. The number of fused-ring (bicyclic) bond motifs is 1. The minimum atomic E-state index is -1.26. The van der Waals surface area contributed by atoms with Crippen LogP contribution in [0.3, 0.4) is 0 Å². The van der Waals surface area contributed by atoms with Crippen molar-refractivity contribution in [3.63, 3.8) is 0 Å². The highest BCUT2D eigenvalue weighted by molar-refractivity contribution is 5.89. The number of aromatic amines is 1. The van der Waals surface area contributed by atoms with Crippen LogP contribution in [0.2, 0.25) is 0 Å². The molecule has 29 heavy (non-hydrogen) atoms. The fourth-order valence-electron chi connectivity index (χ4n) is 2.63. The Hall–Kier alpha value is -3.65. The lowest BCUT2D eigenvalue weighted by atomic mass is 10.1. The summed E-state index contributed by atoms with van der Waals surface area (Å²) in [6.45, 7) is 1.53. The molecule has 7 nitrogen and oxygen atoms in total. The summed E-state index contributed by atoms with van der Waals surface area (Å²) < 4.78 is 13.1. The normalized spacial score (nSPS) is 10.7. The maximum absolute atomic E-state index is 13.1. The lowest BCUT2D eigenvalue weighted by Crippen LogP contribution is -2.16. The van der Waals surface area contributed by atoms with Crippen LogP contribution in [0.1, 0.15) is 11.1 Å². The van der Waals surface area contributed by atoms with Gasteiger partial charge in [-0.25, -0.2) is 14.0 Å². The second-order valence-corrected chi connectivity index (χ2v) is 6.11. The van der Waals surface area contributed by atoms with Gasteiger partial charge in [0.1, 0.15) is 11.6 Å². The Kier molecular flexibility index (Phi) is 7.93. The van der Waals surface area contributed by atoms with E-state index < -0.39 is 11.9 Å². The van der Waals surface area contributed by atoms with E-state index in [1.807, 2.05) is 24.4 Å². The predicted octanol–water partition coefficient (Wildman–Crippen LogP) is 3.06. The van der Waals surface area contributed by atoms with Crippen LogP contribution >= 0.6 is 0 Å². The highest BCUT2D eigenvalue weighted by Gasteiger charge is 2.04. The number of hydrogen-bond acceptors (Lipinski definition) is 4. The molecular formula is C21H21FN2O5. The fourth-order valence-corrected chi connectivity index (χ4v) is 2.63. The van der Waals surface area contributed by atoms with Crippen LogP contribution in [-0.2, 0) is 22.6 Å². The van der Waals surface area contributed by atoms with E-state index in [-0.39, 0.29) is 11.6 Å². The van der Waals surface area contributed by atoms with E-state index in [0.29, 0.717) is 18.7 Å². The molecule has 0 radical (unpaired) electrons. The minimum Gasteiger partial charge on any atom is -0.508 e. The number of halogens is 1. The average molecular weight is 400 g/mol. The van der Waals surface area contributed by atoms with Crippen molar-refractivity contribution in [1.82, 2.24) is 10.3 Å². The topological polar surface area (TPSA) is 123 Å². The van der Waals surface area contributed by atoms with Gasteiger partial charge in [0.15, 0.2) is 0 Å². The Labute approximate surface area is 166 Å². The highest BCUT2D eigenvalue weighted by Crippen LogP contribution is 2.19. The van der Waals surface area contributed by atoms with Crippen molar-refractivity contribution in [3.8, 4) is 5.75 Å². The zero-order valence-electron chi connectivity index (χ0n) is 15.4. The van der Waals surface area contributed by atoms with Crippen LogP contribution in [0.25, 0.3) is 10.9 Å². The maximum Gasteiger partial charge on any atom is 0.328 e. The SMILES string of the molecule is O=C(O)/C=C/C(=O)O.Oc1cccc(CNCCc2c[nH]c3cc(F)ccc23)c1. The lowest BCUT2D eigenvalue weighted by molar-refractivity contribution is -0.134. The molecule has 0 aliphatic carbocycles. The Bertz CT molecular complexity index is 997. The number of carboxylic acid groups (broad SMARTS) is 2. The molecule has 2 aromatic carbocycles. The van der Waals surface area contributed by atoms with Gasteiger partial charge >= 0.3 is 11.9 Å². The van der Waals surface area contributed by atoms with E-state index in [1.54, 1.807) is 12.1 Å². The number of nitrogens with one attached hydrogen (secondary N) is 2. The summed E-state index contributed by atoms with van der Waals surface area (Å²) in [6.07, 6.45) is 3.91. The molecule has 0 saturated heterocycles. The van der Waals surface area contributed by atoms with Crippen LogP contribution < -0.4 is 5.32 Å². The van der Waals surface area contributed by atoms with Gasteiger partial charge in [0.05, 0.1) is 0 Å². The van der Waals surface area contributed by atoms with Crippen LogP contribution in [0.5, 0.6) is 5.75 Å². The van der Waals surface area contributed by atoms with Crippen LogP contribution in [0.15, 0.2) is 60.8 Å². The van der Waals surface area contributed by atoms with E-state index in [1.165, 1.54) is 17.7 Å². The fraction of sp³-hybridized carbons (Fsp3) is 0.143. The van der Waals surface area contributed by atoms with Crippen molar-refractivity contribution >= 4 is 22.8 Å². The molecule has 0 atom stereocenters. The summed E-state index contributed by atoms with van der Waals surface area (Å²) in [7, 11) is 0. The molecule has 0 amide bonds. The third-order valence-corrected chi connectivity index (χ3v) is 3.91. The number of hydrogen-bond donors (Lipinski definition) is 5. The van der Waals surface area contributed by atoms with Crippen LogP contribution in [0, 0.1) is 5.82 Å². The van der Waals surface area contributed by atoms with Crippen molar-refractivity contribution < 1.29 is 29.3 Å². The Balaban J connectivity index is 0.000000321. The molecule has 0 bridgehead atoms. The molecule has 152 valence electrons. The first-order valence-corrected chi connectivity index (χ1v) is 8.73. The number of aromatic nitrogens is 1. The number of rotatable bonds is 7. The molecule has 3 aromatic rings. The van der Waals surface area contributed by atoms with Gasteiger partial charge < -0.3 is 25.6 Å². The molecule has 0 unspecified atom stereocenters. The summed E-state index contributed by atoms with van der Waals surface area (Å²) in [6, 6.07) is 12.0. The molecule has 3 rings (SSSR count). The molecule has 5 N–H and O–H groups in total. The quantitative estimate of drug-likeness (QED) is 0.307. The molecule has 1 heterocycles. The number of phenolic OH excluding ortho intramolecular Hbond substituents is 1. The first-order valence-electron chi connectivity index (χ1n) is 8.73. The van der Waals surface area contributed by atoms with E-state index in [0.717, 1.165) is 29.4 Å². The number of aliphatic carboxylic acids is 2. The summed E-state index contributed by atoms with van der Waals surface area (Å²) >= 11 is 0. The molecule has 8 heteroatoms. The maximum atomic E-state index is 13.1. The third-order valence-electron chi connectivity index (χ3n) is 3.91. The standard InChI is InChI=1S/C17H17FN2O.C4H4O4/c18-14-4-5-16-13(11-20-17(16)9-14)6-7-19-10-12-2-1-3-15(21)8-12;5-3(6)1-2-4(7)8/h1-5,8-9,11,19-21H,6-7,10H2;1-2H,(H,5,6)(H,7,8)/b;2-1+. The van der Waals surface area contributed by atoms with E-state index in [9.17, 15) is 19.1 Å². The number of carboxylic acids is 2. The zero-order valence-corrected chi connectivity index (χ0v) is 15.4. The monoisotopic (exact) mass is 400 g/mol. The number of carbonyl (C=O) groups is 2. The highest BCUT2D eigenvalue weighted by atomic mass is 19.1. The van der Waals surface area contributed by atoms with Gasteiger partial charge in [-0.05, 0) is 54.4 Å². The average Bonchev–Trinajstić information content (AvgIpc) is 3.06. The van der Waals surface area contributed by atoms with Gasteiger partial charge in [-0.15, -0.1) is 0 Å². The van der Waals surface area contributed by atoms with Crippen molar-refractivity contribution in [1.29, 1.82) is 0 Å². The largest absolute Gasteiger partial charge is 0.508 e. The zero-order chi connectivity index (χ0) is 21.2. The van der Waals surface area contributed by atoms with Crippen LogP contribution in [0.4, 0.5) is 4.39 Å². The second kappa shape index (κ2) is 10.6. The molecule has 1 aromatic heterocycles. The molecule has 0 fully saturated rings. The number of phenols is 1. The van der Waals surface area contributed by atoms with Gasteiger partial charge in [-0.2, -0.15) is 0 Å². The van der Waals surface area contributed by atoms with E-state index in [4.69, 9.17) is 10.2 Å². The van der Waals surface area contributed by atoms with Crippen molar-refractivity contribution in [2.24, 2.45) is 0 Å². The van der Waals surface area contributed by atoms with Gasteiger partial charge in [-0.1, -0.05) is 12.1 Å². The van der Waals surface area contributed by atoms with Gasteiger partial charge in [0, 0.05) is 35.8 Å². The molecule has 0 saturated carbocycles. The first kappa shape index (κ1) is 21.6. The minimum absolute atomic E-state index is 0.224. The van der Waals surface area contributed by atoms with Crippen molar-refractivity contribution in [3.05, 3.63) is 77.8 Å². The van der Waals surface area contributed by atoms with Crippen molar-refractivity contribution in [2.45, 2.75) is 13.0 Å². The lowest BCUT2D eigenvalue weighted by Gasteiger charge is -2.05. The van der Waals surface area contributed by atoms with Gasteiger partial charge in [0.2, 0.25) is 0 Å². The number of aromatic hydroxyl groups is 1. The second-order valence-electron chi connectivity index (χ2n) is 6.11. The molecular weight excluding hydrogens is 379 g/mol. The van der Waals surface area contributed by atoms with Crippen molar-refractivity contribution in [2.75, 3.05) is 6.54 Å². The van der Waals surface area contributed by atoms with Gasteiger partial charge in [0.25, 0.3) is 0 Å². The number of H-pyrrole nitrogens is 1. The van der Waals surface area contributed by atoms with Gasteiger partial charge in [-0.3, -0.25) is 0 Å². The predicted molar refractivity (Wildman–Crippen MR) is 106 cm³/mol. The summed E-state index contributed by atoms with van der Waals surface area (Å²) in [4.78, 5) is 22.2. The number of benzene rings is 2. The Morgan fingerprint density at radius 1 is 1.07 bits per heavy atom.